The van der Waals surface area contributed by atoms with Crippen LogP contribution >= 0.6 is 25.3 Å². The van der Waals surface area contributed by atoms with Gasteiger partial charge in [0.25, 0.3) is 0 Å². The lowest BCUT2D eigenvalue weighted by Crippen LogP contribution is -2.34. The second-order valence-corrected chi connectivity index (χ2v) is 3.68. The lowest BCUT2D eigenvalue weighted by molar-refractivity contribution is -0.118. The van der Waals surface area contributed by atoms with Crippen LogP contribution in [0.3, 0.4) is 0 Å². The number of hydrogen-bond donors (Lipinski definition) is 3. The minimum atomic E-state index is -0.922. The molecule has 0 unspecified atom stereocenters. The van der Waals surface area contributed by atoms with Crippen molar-refractivity contribution in [2.75, 3.05) is 6.54 Å². The van der Waals surface area contributed by atoms with E-state index in [1.807, 2.05) is 0 Å². The normalized spacial score (nSPS) is 11.6. The number of nitrogens with two attached hydrogens (primary N) is 1. The Bertz CT molecular complexity index is 114. The van der Waals surface area contributed by atoms with E-state index in [1.54, 1.807) is 6.92 Å². The molecule has 0 rings (SSSR count). The van der Waals surface area contributed by atoms with Crippen LogP contribution in [-0.2, 0) is 4.79 Å². The number of rotatable bonds is 3. The Morgan fingerprint density at radius 2 is 2.11 bits per heavy atom. The van der Waals surface area contributed by atoms with Gasteiger partial charge in [-0.3, -0.25) is 4.79 Å². The summed E-state index contributed by atoms with van der Waals surface area (Å²) in [5.41, 5.74) is 5.21. The third-order valence-corrected chi connectivity index (χ3v) is 1.92. The van der Waals surface area contributed by atoms with E-state index in [0.717, 1.165) is 0 Å². The fourth-order valence-electron chi connectivity index (χ4n) is 0.397. The zero-order valence-electron chi connectivity index (χ0n) is 5.29. The molecule has 0 spiro atoms. The van der Waals surface area contributed by atoms with Gasteiger partial charge in [-0.25, -0.2) is 0 Å². The van der Waals surface area contributed by atoms with Gasteiger partial charge in [0, 0.05) is 13.0 Å². The van der Waals surface area contributed by atoms with Gasteiger partial charge in [-0.05, 0) is 0 Å². The molecule has 0 aromatic rings. The molecule has 0 radical (unpaired) electrons. The predicted octanol–water partition coefficient (Wildman–Crippen LogP) is 0.480. The highest BCUT2D eigenvalue weighted by Crippen LogP contribution is 2.19. The van der Waals surface area contributed by atoms with Crippen molar-refractivity contribution in [3.8, 4) is 0 Å². The topological polar surface area (TPSA) is 43.1 Å². The van der Waals surface area contributed by atoms with Crippen LogP contribution in [-0.4, -0.2) is 16.4 Å². The number of hydrogen-bond acceptors (Lipinski definition) is 4. The highest BCUT2D eigenvalue weighted by atomic mass is 32.2. The summed E-state index contributed by atoms with van der Waals surface area (Å²) in [4.78, 5) is 10.8. The highest BCUT2D eigenvalue weighted by Gasteiger charge is 2.25. The Kier molecular flexibility index (Phi) is 3.61. The quantitative estimate of drug-likeness (QED) is 0.421. The average molecular weight is 165 g/mol. The molecule has 0 saturated heterocycles. The molecule has 2 nitrogen and oxygen atoms in total. The van der Waals surface area contributed by atoms with E-state index in [0.29, 0.717) is 6.42 Å². The van der Waals surface area contributed by atoms with Gasteiger partial charge in [0.15, 0.2) is 5.78 Å². The van der Waals surface area contributed by atoms with Crippen molar-refractivity contribution < 1.29 is 4.79 Å². The van der Waals surface area contributed by atoms with Crippen LogP contribution in [0.1, 0.15) is 13.3 Å². The molecule has 0 heterocycles. The minimum absolute atomic E-state index is 0.0309. The van der Waals surface area contributed by atoms with E-state index in [1.165, 1.54) is 0 Å². The minimum Gasteiger partial charge on any atom is -0.328 e. The maximum Gasteiger partial charge on any atom is 0.159 e. The molecule has 0 bridgehead atoms. The van der Waals surface area contributed by atoms with Crippen LogP contribution in [0.5, 0.6) is 0 Å². The maximum atomic E-state index is 10.8. The van der Waals surface area contributed by atoms with Crippen molar-refractivity contribution in [2.24, 2.45) is 5.73 Å². The number of ketones is 1. The summed E-state index contributed by atoms with van der Waals surface area (Å²) in [7, 11) is 0. The van der Waals surface area contributed by atoms with Crippen molar-refractivity contribution in [3.05, 3.63) is 0 Å². The van der Waals surface area contributed by atoms with Crippen molar-refractivity contribution in [3.63, 3.8) is 0 Å². The van der Waals surface area contributed by atoms with E-state index >= 15 is 0 Å². The van der Waals surface area contributed by atoms with Gasteiger partial charge in [0.2, 0.25) is 0 Å². The largest absolute Gasteiger partial charge is 0.328 e. The fourth-order valence-corrected chi connectivity index (χ4v) is 0.713. The Labute approximate surface area is 66.0 Å². The lowest BCUT2D eigenvalue weighted by atomic mass is 10.2. The van der Waals surface area contributed by atoms with Crippen molar-refractivity contribution in [2.45, 2.75) is 17.4 Å². The van der Waals surface area contributed by atoms with Crippen LogP contribution in [0.15, 0.2) is 0 Å². The summed E-state index contributed by atoms with van der Waals surface area (Å²) in [5, 5.41) is 0. The van der Waals surface area contributed by atoms with Gasteiger partial charge in [0.05, 0.1) is 0 Å². The molecule has 0 aromatic heterocycles. The number of carbonyl (C=O) groups is 1. The molecule has 0 aliphatic rings. The van der Waals surface area contributed by atoms with Crippen LogP contribution in [0.2, 0.25) is 0 Å². The molecule has 0 amide bonds. The molecular weight excluding hydrogens is 154 g/mol. The van der Waals surface area contributed by atoms with E-state index < -0.39 is 4.08 Å². The Hall–Kier alpha value is 0.330. The zero-order chi connectivity index (χ0) is 7.49. The summed E-state index contributed by atoms with van der Waals surface area (Å²) in [5.74, 6) is -0.0309. The first-order valence-corrected chi connectivity index (χ1v) is 3.62. The summed E-state index contributed by atoms with van der Waals surface area (Å²) >= 11 is 7.90. The molecule has 4 heteroatoms. The van der Waals surface area contributed by atoms with Crippen molar-refractivity contribution >= 4 is 31.0 Å². The molecular formula is C5H11NOS2. The van der Waals surface area contributed by atoms with Crippen LogP contribution in [0.4, 0.5) is 0 Å². The fraction of sp³-hybridized carbons (Fsp3) is 0.800. The Morgan fingerprint density at radius 1 is 1.67 bits per heavy atom. The molecule has 0 aliphatic heterocycles. The van der Waals surface area contributed by atoms with Crippen LogP contribution in [0.25, 0.3) is 0 Å². The molecule has 2 N–H and O–H groups in total. The molecule has 54 valence electrons. The van der Waals surface area contributed by atoms with E-state index in [4.69, 9.17) is 5.73 Å². The zero-order valence-corrected chi connectivity index (χ0v) is 7.08. The standard InChI is InChI=1S/C5H11NOS2/c1-2-4(7)5(8,9)3-6/h8-9H,2-3,6H2,1H3. The molecule has 0 aliphatic carbocycles. The molecule has 9 heavy (non-hydrogen) atoms. The third-order valence-electron chi connectivity index (χ3n) is 1.05. The molecule has 0 saturated carbocycles. The van der Waals surface area contributed by atoms with E-state index in [-0.39, 0.29) is 12.3 Å². The van der Waals surface area contributed by atoms with Crippen molar-refractivity contribution in [1.29, 1.82) is 0 Å². The van der Waals surface area contributed by atoms with Gasteiger partial charge in [-0.15, -0.1) is 0 Å². The third kappa shape index (κ3) is 2.60. The highest BCUT2D eigenvalue weighted by molar-refractivity contribution is 8.02. The van der Waals surface area contributed by atoms with Crippen LogP contribution in [0, 0.1) is 0 Å². The van der Waals surface area contributed by atoms with Gasteiger partial charge in [0.1, 0.15) is 4.08 Å². The van der Waals surface area contributed by atoms with Crippen molar-refractivity contribution in [1.82, 2.24) is 0 Å². The van der Waals surface area contributed by atoms with Crippen LogP contribution < -0.4 is 5.73 Å². The van der Waals surface area contributed by atoms with E-state index in [2.05, 4.69) is 25.3 Å². The second-order valence-electron chi connectivity index (χ2n) is 1.80. The first kappa shape index (κ1) is 9.33. The summed E-state index contributed by atoms with van der Waals surface area (Å²) in [6.45, 7) is 1.94. The number of carbonyl (C=O) groups excluding carboxylic acids is 1. The SMILES string of the molecule is CCC(=O)C(S)(S)CN. The van der Waals surface area contributed by atoms with Gasteiger partial charge in [-0.2, -0.15) is 25.3 Å². The first-order chi connectivity index (χ1) is 4.04. The first-order valence-electron chi connectivity index (χ1n) is 2.72. The van der Waals surface area contributed by atoms with Gasteiger partial charge in [-0.1, -0.05) is 6.92 Å². The number of thiol groups is 2. The smallest absolute Gasteiger partial charge is 0.159 e. The average Bonchev–Trinajstić information content (AvgIpc) is 1.86. The maximum absolute atomic E-state index is 10.8. The monoisotopic (exact) mass is 165 g/mol. The summed E-state index contributed by atoms with van der Waals surface area (Å²) < 4.78 is -0.922. The number of Topliss-reactive ketones (excluding diaryl/α,β-unsaturated/α-hetero) is 1. The van der Waals surface area contributed by atoms with E-state index in [9.17, 15) is 4.79 Å². The Morgan fingerprint density at radius 3 is 2.22 bits per heavy atom. The molecule has 0 aromatic carbocycles. The van der Waals surface area contributed by atoms with Gasteiger partial charge >= 0.3 is 0 Å². The predicted molar refractivity (Wildman–Crippen MR) is 45.1 cm³/mol. The molecule has 0 atom stereocenters. The Balaban J connectivity index is 3.97. The summed E-state index contributed by atoms with van der Waals surface area (Å²) in [6.07, 6.45) is 0.435. The van der Waals surface area contributed by atoms with Gasteiger partial charge < -0.3 is 5.73 Å². The second kappa shape index (κ2) is 3.49. The lowest BCUT2D eigenvalue weighted by Gasteiger charge is -2.16. The summed E-state index contributed by atoms with van der Waals surface area (Å²) in [6, 6.07) is 0. The molecule has 0 fully saturated rings.